The third kappa shape index (κ3) is 1.81. The van der Waals surface area contributed by atoms with E-state index in [9.17, 15) is 0 Å². The summed E-state index contributed by atoms with van der Waals surface area (Å²) in [5, 5.41) is 4.00. The van der Waals surface area contributed by atoms with Crippen LogP contribution < -0.4 is 5.73 Å². The summed E-state index contributed by atoms with van der Waals surface area (Å²) in [6.07, 6.45) is 2.49. The van der Waals surface area contributed by atoms with Crippen LogP contribution in [0.4, 0.5) is 0 Å². The van der Waals surface area contributed by atoms with Gasteiger partial charge >= 0.3 is 0 Å². The van der Waals surface area contributed by atoms with E-state index in [1.807, 2.05) is 18.7 Å². The van der Waals surface area contributed by atoms with E-state index in [1.54, 1.807) is 0 Å². The molecule has 1 saturated heterocycles. The third-order valence-electron chi connectivity index (χ3n) is 2.75. The van der Waals surface area contributed by atoms with Gasteiger partial charge in [0, 0.05) is 23.8 Å². The molecule has 0 spiro atoms. The second kappa shape index (κ2) is 4.36. The van der Waals surface area contributed by atoms with Crippen molar-refractivity contribution < 1.29 is 4.52 Å². The minimum atomic E-state index is 0.536. The van der Waals surface area contributed by atoms with Crippen LogP contribution in [0.15, 0.2) is 4.52 Å². The van der Waals surface area contributed by atoms with Crippen LogP contribution in [0.2, 0.25) is 0 Å². The summed E-state index contributed by atoms with van der Waals surface area (Å²) >= 11 is 2.00. The van der Waals surface area contributed by atoms with Gasteiger partial charge in [-0.3, -0.25) is 0 Å². The monoisotopic (exact) mass is 212 g/mol. The fraction of sp³-hybridized carbons (Fsp3) is 0.700. The first-order valence-electron chi connectivity index (χ1n) is 5.05. The molecule has 1 aromatic heterocycles. The van der Waals surface area contributed by atoms with E-state index in [0.717, 1.165) is 22.8 Å². The Bertz CT molecular complexity index is 305. The zero-order valence-corrected chi connectivity index (χ0v) is 9.27. The molecule has 0 aromatic carbocycles. The molecule has 0 amide bonds. The molecule has 0 saturated carbocycles. The van der Waals surface area contributed by atoms with E-state index >= 15 is 0 Å². The molecule has 2 heterocycles. The summed E-state index contributed by atoms with van der Waals surface area (Å²) in [5.41, 5.74) is 7.78. The molecule has 14 heavy (non-hydrogen) atoms. The Balaban J connectivity index is 2.21. The van der Waals surface area contributed by atoms with Crippen LogP contribution in [0.1, 0.15) is 35.8 Å². The van der Waals surface area contributed by atoms with Gasteiger partial charge in [0.05, 0.1) is 5.69 Å². The average molecular weight is 212 g/mol. The number of nitrogens with zero attached hydrogens (tertiary/aromatic N) is 1. The Morgan fingerprint density at radius 1 is 1.64 bits per heavy atom. The Morgan fingerprint density at radius 2 is 2.50 bits per heavy atom. The van der Waals surface area contributed by atoms with E-state index in [-0.39, 0.29) is 0 Å². The van der Waals surface area contributed by atoms with Crippen molar-refractivity contribution in [1.29, 1.82) is 0 Å². The Labute approximate surface area is 88.4 Å². The molecular weight excluding hydrogens is 196 g/mol. The van der Waals surface area contributed by atoms with Crippen LogP contribution in [0, 0.1) is 6.92 Å². The normalized spacial score (nSPS) is 22.6. The van der Waals surface area contributed by atoms with Gasteiger partial charge in [0.1, 0.15) is 5.76 Å². The van der Waals surface area contributed by atoms with Crippen molar-refractivity contribution in [2.45, 2.75) is 32.2 Å². The number of thioether (sulfide) groups is 1. The lowest BCUT2D eigenvalue weighted by Gasteiger charge is -2.19. The van der Waals surface area contributed by atoms with Gasteiger partial charge in [-0.15, -0.1) is 0 Å². The largest absolute Gasteiger partial charge is 0.360 e. The molecule has 2 rings (SSSR count). The molecule has 2 N–H and O–H groups in total. The highest BCUT2D eigenvalue weighted by atomic mass is 32.2. The molecule has 1 aromatic rings. The molecule has 0 aliphatic carbocycles. The van der Waals surface area contributed by atoms with Crippen molar-refractivity contribution in [2.24, 2.45) is 5.73 Å². The highest BCUT2D eigenvalue weighted by Crippen LogP contribution is 2.33. The Kier molecular flexibility index (Phi) is 3.13. The first-order chi connectivity index (χ1) is 6.83. The summed E-state index contributed by atoms with van der Waals surface area (Å²) in [6, 6.07) is 0. The number of hydrogen-bond acceptors (Lipinski definition) is 4. The van der Waals surface area contributed by atoms with Gasteiger partial charge in [-0.1, -0.05) is 5.16 Å². The molecule has 1 atom stereocenters. The van der Waals surface area contributed by atoms with Crippen molar-refractivity contribution >= 4 is 11.8 Å². The molecule has 3 nitrogen and oxygen atoms in total. The average Bonchev–Trinajstić information content (AvgIpc) is 2.61. The van der Waals surface area contributed by atoms with Crippen molar-refractivity contribution in [1.82, 2.24) is 5.16 Å². The van der Waals surface area contributed by atoms with Gasteiger partial charge in [0.2, 0.25) is 0 Å². The Morgan fingerprint density at radius 3 is 3.14 bits per heavy atom. The topological polar surface area (TPSA) is 52.0 Å². The zero-order chi connectivity index (χ0) is 9.97. The lowest BCUT2D eigenvalue weighted by atomic mass is 9.98. The SMILES string of the molecule is Cc1noc(C2CCCSC2)c1CN. The highest BCUT2D eigenvalue weighted by Gasteiger charge is 2.23. The molecule has 1 unspecified atom stereocenters. The second-order valence-electron chi connectivity index (χ2n) is 3.73. The predicted molar refractivity (Wildman–Crippen MR) is 58.4 cm³/mol. The Hall–Kier alpha value is -0.480. The fourth-order valence-electron chi connectivity index (χ4n) is 1.92. The number of rotatable bonds is 2. The van der Waals surface area contributed by atoms with Crippen LogP contribution in [0.5, 0.6) is 0 Å². The summed E-state index contributed by atoms with van der Waals surface area (Å²) in [7, 11) is 0. The number of hydrogen-bond donors (Lipinski definition) is 1. The lowest BCUT2D eigenvalue weighted by Crippen LogP contribution is -2.11. The van der Waals surface area contributed by atoms with Crippen LogP contribution >= 0.6 is 11.8 Å². The van der Waals surface area contributed by atoms with E-state index in [4.69, 9.17) is 10.3 Å². The van der Waals surface area contributed by atoms with Gasteiger partial charge in [0.25, 0.3) is 0 Å². The number of aromatic nitrogens is 1. The zero-order valence-electron chi connectivity index (χ0n) is 8.45. The highest BCUT2D eigenvalue weighted by molar-refractivity contribution is 7.99. The van der Waals surface area contributed by atoms with Gasteiger partial charge in [-0.05, 0) is 25.5 Å². The van der Waals surface area contributed by atoms with Gasteiger partial charge in [-0.2, -0.15) is 11.8 Å². The minimum absolute atomic E-state index is 0.536. The standard InChI is InChI=1S/C10H16N2OS/c1-7-9(5-11)10(13-12-7)8-3-2-4-14-6-8/h8H,2-6,11H2,1H3. The molecule has 0 radical (unpaired) electrons. The van der Waals surface area contributed by atoms with Crippen molar-refractivity contribution in [3.63, 3.8) is 0 Å². The molecular formula is C10H16N2OS. The molecule has 78 valence electrons. The third-order valence-corrected chi connectivity index (χ3v) is 3.97. The number of aryl methyl sites for hydroxylation is 1. The summed E-state index contributed by atoms with van der Waals surface area (Å²) in [6.45, 7) is 2.51. The van der Waals surface area contributed by atoms with E-state index < -0.39 is 0 Å². The first-order valence-corrected chi connectivity index (χ1v) is 6.21. The van der Waals surface area contributed by atoms with E-state index in [0.29, 0.717) is 12.5 Å². The quantitative estimate of drug-likeness (QED) is 0.815. The molecule has 1 aliphatic heterocycles. The van der Waals surface area contributed by atoms with E-state index in [2.05, 4.69) is 5.16 Å². The lowest BCUT2D eigenvalue weighted by molar-refractivity contribution is 0.355. The van der Waals surface area contributed by atoms with Crippen LogP contribution in [0.3, 0.4) is 0 Å². The predicted octanol–water partition coefficient (Wildman–Crippen LogP) is 2.05. The maximum atomic E-state index is 5.70. The summed E-state index contributed by atoms with van der Waals surface area (Å²) in [4.78, 5) is 0. The summed E-state index contributed by atoms with van der Waals surface area (Å²) < 4.78 is 5.38. The maximum absolute atomic E-state index is 5.70. The van der Waals surface area contributed by atoms with Gasteiger partial charge in [-0.25, -0.2) is 0 Å². The van der Waals surface area contributed by atoms with Crippen molar-refractivity contribution in [3.8, 4) is 0 Å². The smallest absolute Gasteiger partial charge is 0.145 e. The van der Waals surface area contributed by atoms with Crippen LogP contribution in [-0.4, -0.2) is 16.7 Å². The van der Waals surface area contributed by atoms with E-state index in [1.165, 1.54) is 18.6 Å². The maximum Gasteiger partial charge on any atom is 0.145 e. The van der Waals surface area contributed by atoms with Crippen molar-refractivity contribution in [3.05, 3.63) is 17.0 Å². The van der Waals surface area contributed by atoms with Crippen LogP contribution in [0.25, 0.3) is 0 Å². The fourth-order valence-corrected chi connectivity index (χ4v) is 3.06. The number of nitrogens with two attached hydrogens (primary N) is 1. The van der Waals surface area contributed by atoms with Gasteiger partial charge in [0.15, 0.2) is 0 Å². The minimum Gasteiger partial charge on any atom is -0.360 e. The summed E-state index contributed by atoms with van der Waals surface area (Å²) in [5.74, 6) is 4.01. The molecule has 1 aliphatic rings. The molecule has 1 fully saturated rings. The molecule has 0 bridgehead atoms. The van der Waals surface area contributed by atoms with Crippen molar-refractivity contribution in [2.75, 3.05) is 11.5 Å². The molecule has 4 heteroatoms. The van der Waals surface area contributed by atoms with Crippen LogP contribution in [-0.2, 0) is 6.54 Å². The first kappa shape index (κ1) is 10.1. The second-order valence-corrected chi connectivity index (χ2v) is 4.88. The van der Waals surface area contributed by atoms with Gasteiger partial charge < -0.3 is 10.3 Å².